The summed E-state index contributed by atoms with van der Waals surface area (Å²) < 4.78 is 62.2. The maximum atomic E-state index is 12.7. The van der Waals surface area contributed by atoms with Crippen LogP contribution in [0, 0.1) is 5.41 Å². The number of amides is 2. The first kappa shape index (κ1) is 47.2. The molecule has 1 saturated heterocycles. The third-order valence-electron chi connectivity index (χ3n) is 8.72. The predicted molar refractivity (Wildman–Crippen MR) is 208 cm³/mol. The lowest BCUT2D eigenvalue weighted by Crippen LogP contribution is -2.46. The molecule has 25 nitrogen and oxygen atoms in total. The number of rotatable bonds is 20. The standard InChI is InChI=1S/C31H42N7O18P3S/c1-31(2,26(43)29(44)34-8-7-21(40)33-9-10-60-20-11-18(39)16-5-3-4-6-17(16)23(20)41)13-53-59(50,51)56-58(48,49)52-12-19-25(55-57(45,46)47)24(42)30(54-19)38-15-37-22-27(32)35-14-36-28(22)38/h3-6,11,14-15,19,24-26,30,39,41-43H,7-10,12-13H2,1-2H3,(H,33,40)(H,34,44)(H,48,49)(H,50,51)(H2,32,35,36)(H2,45,46,47)/t19-,24-,25-,26+,30-/m1/s1. The minimum absolute atomic E-state index is 0.00764. The lowest BCUT2D eigenvalue weighted by Gasteiger charge is -2.30. The fourth-order valence-electron chi connectivity index (χ4n) is 5.72. The van der Waals surface area contributed by atoms with Gasteiger partial charge in [-0.05, 0) is 6.07 Å². The predicted octanol–water partition coefficient (Wildman–Crippen LogP) is 0.762. The van der Waals surface area contributed by atoms with Crippen molar-refractivity contribution < 1.29 is 85.9 Å². The Labute approximate surface area is 343 Å². The van der Waals surface area contributed by atoms with Gasteiger partial charge < -0.3 is 61.1 Å². The van der Waals surface area contributed by atoms with Crippen LogP contribution in [0.25, 0.3) is 21.9 Å². The van der Waals surface area contributed by atoms with Crippen LogP contribution in [0.5, 0.6) is 11.5 Å². The number of ether oxygens (including phenoxy) is 1. The van der Waals surface area contributed by atoms with E-state index in [1.807, 2.05) is 0 Å². The number of carbonyl (C=O) groups excluding carboxylic acids is 2. The zero-order valence-corrected chi connectivity index (χ0v) is 34.9. The summed E-state index contributed by atoms with van der Waals surface area (Å²) in [6.45, 7) is 0.400. The minimum atomic E-state index is -5.59. The van der Waals surface area contributed by atoms with Crippen LogP contribution in [0.3, 0.4) is 0 Å². The lowest BCUT2D eigenvalue weighted by atomic mass is 9.87. The topological polar surface area (TPSA) is 387 Å². The van der Waals surface area contributed by atoms with Crippen LogP contribution in [0.15, 0.2) is 47.9 Å². The van der Waals surface area contributed by atoms with Gasteiger partial charge in [0, 0.05) is 41.5 Å². The Bertz CT molecular complexity index is 2350. The van der Waals surface area contributed by atoms with Gasteiger partial charge in [-0.2, -0.15) is 4.31 Å². The van der Waals surface area contributed by atoms with Crippen LogP contribution < -0.4 is 16.4 Å². The number of thioether (sulfide) groups is 1. The minimum Gasteiger partial charge on any atom is -0.507 e. The zero-order valence-electron chi connectivity index (χ0n) is 31.4. The highest BCUT2D eigenvalue weighted by Crippen LogP contribution is 2.61. The first-order chi connectivity index (χ1) is 28.0. The van der Waals surface area contributed by atoms with Gasteiger partial charge in [0.25, 0.3) is 0 Å². The summed E-state index contributed by atoms with van der Waals surface area (Å²) in [5, 5.41) is 48.3. The van der Waals surface area contributed by atoms with Crippen molar-refractivity contribution >= 4 is 74.8 Å². The van der Waals surface area contributed by atoms with E-state index in [1.54, 1.807) is 24.3 Å². The molecule has 7 atom stereocenters. The molecule has 2 amide bonds. The SMILES string of the molecule is CC(C)(COP(=O)(O)OP(=O)(O)OC[C@H]1O[C@@H](n2cnc3c(N)ncnc32)[C@H](O)[C@@H]1OP(=O)(O)O)[C@@H](O)C(=O)NCCC(=O)NCCSc1cc(O)c2ccccc2c1O. The highest BCUT2D eigenvalue weighted by molar-refractivity contribution is 7.99. The highest BCUT2D eigenvalue weighted by Gasteiger charge is 2.50. The van der Waals surface area contributed by atoms with Gasteiger partial charge >= 0.3 is 23.5 Å². The molecule has 4 aromatic rings. The maximum Gasteiger partial charge on any atom is 0.481 e. The second-order valence-corrected chi connectivity index (χ2v) is 19.1. The van der Waals surface area contributed by atoms with Crippen LogP contribution in [-0.2, 0) is 45.9 Å². The monoisotopic (exact) mass is 925 g/mol. The van der Waals surface area contributed by atoms with E-state index < -0.39 is 84.6 Å². The van der Waals surface area contributed by atoms with Gasteiger partial charge in [-0.25, -0.2) is 28.6 Å². The molecule has 2 aromatic carbocycles. The number of aliphatic hydroxyl groups excluding tert-OH is 2. The number of anilines is 1. The van der Waals surface area contributed by atoms with Crippen molar-refractivity contribution in [1.82, 2.24) is 30.2 Å². The van der Waals surface area contributed by atoms with E-state index in [2.05, 4.69) is 34.4 Å². The molecule has 3 heterocycles. The van der Waals surface area contributed by atoms with Crippen molar-refractivity contribution in [2.45, 2.75) is 55.8 Å². The summed E-state index contributed by atoms with van der Waals surface area (Å²) in [6, 6.07) is 8.19. The summed E-state index contributed by atoms with van der Waals surface area (Å²) in [5.74, 6) is -1.18. The second kappa shape index (κ2) is 19.1. The number of phosphoric ester groups is 3. The zero-order chi connectivity index (χ0) is 44.2. The lowest BCUT2D eigenvalue weighted by molar-refractivity contribution is -0.137. The molecule has 29 heteroatoms. The average Bonchev–Trinajstić information content (AvgIpc) is 3.73. The summed E-state index contributed by atoms with van der Waals surface area (Å²) >= 11 is 1.20. The Kier molecular flexibility index (Phi) is 15.0. The van der Waals surface area contributed by atoms with E-state index >= 15 is 0 Å². The Balaban J connectivity index is 1.06. The van der Waals surface area contributed by atoms with Gasteiger partial charge in [0.2, 0.25) is 11.8 Å². The van der Waals surface area contributed by atoms with E-state index in [-0.39, 0.29) is 48.0 Å². The number of aromatic hydroxyl groups is 2. The number of hydrogen-bond donors (Lipinski definition) is 11. The van der Waals surface area contributed by atoms with Crippen molar-refractivity contribution in [3.63, 3.8) is 0 Å². The van der Waals surface area contributed by atoms with Gasteiger partial charge in [-0.15, -0.1) is 11.8 Å². The largest absolute Gasteiger partial charge is 0.507 e. The summed E-state index contributed by atoms with van der Waals surface area (Å²) in [5.41, 5.74) is 4.24. The number of nitrogens with one attached hydrogen (secondary N) is 2. The molecule has 1 aliphatic heterocycles. The normalized spacial score (nSPS) is 21.1. The van der Waals surface area contributed by atoms with Crippen LogP contribution in [0.2, 0.25) is 0 Å². The van der Waals surface area contributed by atoms with Crippen LogP contribution in [0.1, 0.15) is 26.5 Å². The molecule has 60 heavy (non-hydrogen) atoms. The fourth-order valence-corrected chi connectivity index (χ4v) is 9.41. The third-order valence-corrected chi connectivity index (χ3v) is 12.8. The molecular weight excluding hydrogens is 883 g/mol. The van der Waals surface area contributed by atoms with Gasteiger partial charge in [0.05, 0.1) is 24.4 Å². The third kappa shape index (κ3) is 12.0. The average molecular weight is 926 g/mol. The number of phenols is 2. The number of nitrogens with zero attached hydrogens (tertiary/aromatic N) is 4. The van der Waals surface area contributed by atoms with E-state index in [0.29, 0.717) is 21.4 Å². The van der Waals surface area contributed by atoms with Crippen LogP contribution in [0.4, 0.5) is 5.82 Å². The number of fused-ring (bicyclic) bond motifs is 2. The molecule has 1 aliphatic rings. The molecule has 0 saturated carbocycles. The molecule has 0 radical (unpaired) electrons. The highest BCUT2D eigenvalue weighted by atomic mass is 32.2. The number of carbonyl (C=O) groups is 2. The number of imidazole rings is 1. The van der Waals surface area contributed by atoms with Crippen molar-refractivity contribution in [2.24, 2.45) is 5.41 Å². The van der Waals surface area contributed by atoms with Gasteiger partial charge in [0.15, 0.2) is 17.7 Å². The summed E-state index contributed by atoms with van der Waals surface area (Å²) in [4.78, 5) is 76.4. The molecule has 0 bridgehead atoms. The number of benzene rings is 2. The molecule has 2 aromatic heterocycles. The maximum absolute atomic E-state index is 12.7. The molecule has 5 rings (SSSR count). The Morgan fingerprint density at radius 1 is 1.02 bits per heavy atom. The van der Waals surface area contributed by atoms with E-state index in [9.17, 15) is 63.3 Å². The van der Waals surface area contributed by atoms with Gasteiger partial charge in [-0.3, -0.25) is 27.7 Å². The van der Waals surface area contributed by atoms with Crippen LogP contribution in [-0.4, -0.2) is 128 Å². The molecule has 12 N–H and O–H groups in total. The number of aromatic nitrogens is 4. The van der Waals surface area contributed by atoms with Crippen molar-refractivity contribution in [1.29, 1.82) is 0 Å². The van der Waals surface area contributed by atoms with Gasteiger partial charge in [0.1, 0.15) is 47.8 Å². The molecule has 0 spiro atoms. The van der Waals surface area contributed by atoms with E-state index in [0.717, 1.165) is 17.2 Å². The Morgan fingerprint density at radius 3 is 2.40 bits per heavy atom. The summed E-state index contributed by atoms with van der Waals surface area (Å²) in [7, 11) is -16.4. The molecule has 0 aliphatic carbocycles. The van der Waals surface area contributed by atoms with Crippen LogP contribution >= 0.6 is 35.2 Å². The quantitative estimate of drug-likeness (QED) is 0.0252. The number of nitrogen functional groups attached to an aromatic ring is 1. The number of phosphoric acid groups is 3. The summed E-state index contributed by atoms with van der Waals surface area (Å²) in [6.07, 6.45) is -7.00. The smallest absolute Gasteiger partial charge is 0.481 e. The van der Waals surface area contributed by atoms with Gasteiger partial charge in [-0.1, -0.05) is 38.1 Å². The molecule has 2 unspecified atom stereocenters. The van der Waals surface area contributed by atoms with E-state index in [4.69, 9.17) is 19.5 Å². The Hall–Kier alpha value is -3.81. The number of aliphatic hydroxyl groups is 2. The second-order valence-electron chi connectivity index (χ2n) is 13.7. The van der Waals surface area contributed by atoms with Crippen molar-refractivity contribution in [2.75, 3.05) is 37.8 Å². The number of nitrogens with two attached hydrogens (primary N) is 1. The van der Waals surface area contributed by atoms with Crippen molar-refractivity contribution in [3.8, 4) is 11.5 Å². The molecular formula is C31H42N7O18P3S. The first-order valence-electron chi connectivity index (χ1n) is 17.4. The fraction of sp³-hybridized carbons (Fsp3) is 0.452. The number of phenolic OH excluding ortho intramolecular Hbond substituents is 2. The Morgan fingerprint density at radius 2 is 1.70 bits per heavy atom. The van der Waals surface area contributed by atoms with Crippen molar-refractivity contribution in [3.05, 3.63) is 43.0 Å². The molecule has 1 fully saturated rings. The molecule has 330 valence electrons. The first-order valence-corrected chi connectivity index (χ1v) is 22.9. The number of hydrogen-bond acceptors (Lipinski definition) is 19. The van der Waals surface area contributed by atoms with E-state index in [1.165, 1.54) is 31.7 Å².